The van der Waals surface area contributed by atoms with E-state index >= 15 is 0 Å². The molecule has 1 aromatic heterocycles. The van der Waals surface area contributed by atoms with Crippen LogP contribution in [-0.4, -0.2) is 23.7 Å². The van der Waals surface area contributed by atoms with Crippen LogP contribution in [0.1, 0.15) is 26.2 Å². The molecule has 1 aliphatic heterocycles. The molecule has 2 heterocycles. The van der Waals surface area contributed by atoms with E-state index < -0.39 is 0 Å². The van der Waals surface area contributed by atoms with Crippen molar-refractivity contribution in [1.29, 1.82) is 0 Å². The normalized spacial score (nSPS) is 16.3. The number of nitrogens with zero attached hydrogens (tertiary/aromatic N) is 1. The van der Waals surface area contributed by atoms with Crippen LogP contribution in [0.3, 0.4) is 0 Å². The summed E-state index contributed by atoms with van der Waals surface area (Å²) < 4.78 is 6.85. The summed E-state index contributed by atoms with van der Waals surface area (Å²) in [6.45, 7) is 3.99. The average Bonchev–Trinajstić information content (AvgIpc) is 2.42. The fourth-order valence-electron chi connectivity index (χ4n) is 2.28. The number of hydrogen-bond donors (Lipinski definition) is 1. The summed E-state index contributed by atoms with van der Waals surface area (Å²) in [7, 11) is 0. The van der Waals surface area contributed by atoms with Crippen molar-refractivity contribution in [2.24, 2.45) is 5.92 Å². The Morgan fingerprint density at radius 3 is 2.84 bits per heavy atom. The van der Waals surface area contributed by atoms with Gasteiger partial charge in [0.2, 0.25) is 5.91 Å². The van der Waals surface area contributed by atoms with Gasteiger partial charge in [0.1, 0.15) is 0 Å². The molecule has 0 saturated carbocycles. The van der Waals surface area contributed by atoms with Gasteiger partial charge in [-0.25, -0.2) is 0 Å². The van der Waals surface area contributed by atoms with Crippen LogP contribution in [0.25, 0.3) is 0 Å². The SMILES string of the molecule is CCn1cc(NC(=O)CC2CCOCC2)ccc1=O. The van der Waals surface area contributed by atoms with E-state index in [-0.39, 0.29) is 11.5 Å². The minimum Gasteiger partial charge on any atom is -0.381 e. The molecule has 104 valence electrons. The molecule has 1 N–H and O–H groups in total. The zero-order chi connectivity index (χ0) is 13.7. The smallest absolute Gasteiger partial charge is 0.250 e. The molecule has 19 heavy (non-hydrogen) atoms. The van der Waals surface area contributed by atoms with Crippen LogP contribution in [0.15, 0.2) is 23.1 Å². The first-order chi connectivity index (χ1) is 9.19. The van der Waals surface area contributed by atoms with E-state index in [1.807, 2.05) is 6.92 Å². The van der Waals surface area contributed by atoms with Crippen molar-refractivity contribution in [3.8, 4) is 0 Å². The number of nitrogens with one attached hydrogen (secondary N) is 1. The van der Waals surface area contributed by atoms with E-state index in [0.717, 1.165) is 26.1 Å². The molecule has 0 aromatic carbocycles. The van der Waals surface area contributed by atoms with Gasteiger partial charge in [0.05, 0.1) is 5.69 Å². The molecule has 0 radical (unpaired) electrons. The number of amides is 1. The van der Waals surface area contributed by atoms with Crippen LogP contribution in [0.5, 0.6) is 0 Å². The van der Waals surface area contributed by atoms with Gasteiger partial charge in [-0.05, 0) is 31.7 Å². The Balaban J connectivity index is 1.92. The highest BCUT2D eigenvalue weighted by Crippen LogP contribution is 2.19. The molecule has 0 bridgehead atoms. The second-order valence-corrected chi connectivity index (χ2v) is 4.85. The minimum absolute atomic E-state index is 0.00759. The number of aryl methyl sites for hydroxylation is 1. The quantitative estimate of drug-likeness (QED) is 0.899. The molecule has 1 amide bonds. The van der Waals surface area contributed by atoms with Crippen LogP contribution < -0.4 is 10.9 Å². The molecule has 5 nitrogen and oxygen atoms in total. The molecule has 0 aliphatic carbocycles. The van der Waals surface area contributed by atoms with E-state index in [0.29, 0.717) is 24.6 Å². The lowest BCUT2D eigenvalue weighted by Crippen LogP contribution is -2.23. The standard InChI is InChI=1S/C14H20N2O3/c1-2-16-10-12(3-4-14(16)18)15-13(17)9-11-5-7-19-8-6-11/h3-4,10-11H,2,5-9H2,1H3,(H,15,17). The van der Waals surface area contributed by atoms with Gasteiger partial charge in [-0.15, -0.1) is 0 Å². The highest BCUT2D eigenvalue weighted by Gasteiger charge is 2.17. The number of aromatic nitrogens is 1. The third kappa shape index (κ3) is 3.92. The lowest BCUT2D eigenvalue weighted by atomic mass is 9.96. The second kappa shape index (κ2) is 6.52. The summed E-state index contributed by atoms with van der Waals surface area (Å²) >= 11 is 0. The third-order valence-electron chi connectivity index (χ3n) is 3.42. The van der Waals surface area contributed by atoms with Crippen LogP contribution in [0, 0.1) is 5.92 Å². The van der Waals surface area contributed by atoms with Crippen molar-refractivity contribution in [3.63, 3.8) is 0 Å². The third-order valence-corrected chi connectivity index (χ3v) is 3.42. The Bertz CT molecular complexity index is 490. The van der Waals surface area contributed by atoms with Gasteiger partial charge in [0.25, 0.3) is 5.56 Å². The summed E-state index contributed by atoms with van der Waals surface area (Å²) in [6.07, 6.45) is 4.10. The molecule has 2 rings (SSSR count). The van der Waals surface area contributed by atoms with Gasteiger partial charge in [-0.2, -0.15) is 0 Å². The first kappa shape index (κ1) is 13.8. The molecular weight excluding hydrogens is 244 g/mol. The first-order valence-electron chi connectivity index (χ1n) is 6.77. The Hall–Kier alpha value is -1.62. The first-order valence-corrected chi connectivity index (χ1v) is 6.77. The Morgan fingerprint density at radius 2 is 2.16 bits per heavy atom. The number of ether oxygens (including phenoxy) is 1. The van der Waals surface area contributed by atoms with E-state index in [4.69, 9.17) is 4.74 Å². The fraction of sp³-hybridized carbons (Fsp3) is 0.571. The molecule has 1 fully saturated rings. The fourth-order valence-corrected chi connectivity index (χ4v) is 2.28. The van der Waals surface area contributed by atoms with Gasteiger partial charge >= 0.3 is 0 Å². The molecule has 0 spiro atoms. The van der Waals surface area contributed by atoms with Gasteiger partial charge < -0.3 is 14.6 Å². The lowest BCUT2D eigenvalue weighted by Gasteiger charge is -2.21. The maximum absolute atomic E-state index is 11.9. The molecule has 5 heteroatoms. The highest BCUT2D eigenvalue weighted by molar-refractivity contribution is 5.90. The molecular formula is C14H20N2O3. The number of carbonyl (C=O) groups excluding carboxylic acids is 1. The van der Waals surface area contributed by atoms with Crippen LogP contribution in [-0.2, 0) is 16.1 Å². The Labute approximate surface area is 112 Å². The van der Waals surface area contributed by atoms with Gasteiger partial charge in [-0.3, -0.25) is 9.59 Å². The van der Waals surface area contributed by atoms with E-state index in [2.05, 4.69) is 5.32 Å². The second-order valence-electron chi connectivity index (χ2n) is 4.85. The highest BCUT2D eigenvalue weighted by atomic mass is 16.5. The summed E-state index contributed by atoms with van der Waals surface area (Å²) in [4.78, 5) is 23.4. The predicted octanol–water partition coefficient (Wildman–Crippen LogP) is 1.62. The Morgan fingerprint density at radius 1 is 1.42 bits per heavy atom. The number of rotatable bonds is 4. The summed E-state index contributed by atoms with van der Waals surface area (Å²) in [5, 5.41) is 2.85. The number of carbonyl (C=O) groups is 1. The van der Waals surface area contributed by atoms with Gasteiger partial charge in [-0.1, -0.05) is 0 Å². The molecule has 0 atom stereocenters. The minimum atomic E-state index is -0.0510. The molecule has 0 unspecified atom stereocenters. The number of anilines is 1. The molecule has 1 aliphatic rings. The van der Waals surface area contributed by atoms with Gasteiger partial charge in [0, 0.05) is 38.4 Å². The maximum atomic E-state index is 11.9. The van der Waals surface area contributed by atoms with E-state index in [1.54, 1.807) is 16.8 Å². The van der Waals surface area contributed by atoms with Crippen molar-refractivity contribution in [2.75, 3.05) is 18.5 Å². The lowest BCUT2D eigenvalue weighted by molar-refractivity contribution is -0.117. The maximum Gasteiger partial charge on any atom is 0.250 e. The van der Waals surface area contributed by atoms with E-state index in [1.165, 1.54) is 6.07 Å². The zero-order valence-electron chi connectivity index (χ0n) is 11.2. The predicted molar refractivity (Wildman–Crippen MR) is 73.2 cm³/mol. The number of pyridine rings is 1. The monoisotopic (exact) mass is 264 g/mol. The van der Waals surface area contributed by atoms with Crippen LogP contribution in [0.2, 0.25) is 0 Å². The summed E-state index contributed by atoms with van der Waals surface area (Å²) in [5.74, 6) is 0.416. The van der Waals surface area contributed by atoms with Crippen molar-refractivity contribution in [1.82, 2.24) is 4.57 Å². The molecule has 1 aromatic rings. The Kier molecular flexibility index (Phi) is 4.74. The number of hydrogen-bond acceptors (Lipinski definition) is 3. The zero-order valence-corrected chi connectivity index (χ0v) is 11.2. The topological polar surface area (TPSA) is 60.3 Å². The van der Waals surface area contributed by atoms with Crippen LogP contribution >= 0.6 is 0 Å². The average molecular weight is 264 g/mol. The summed E-state index contributed by atoms with van der Waals surface area (Å²) in [6, 6.07) is 3.13. The van der Waals surface area contributed by atoms with Crippen molar-refractivity contribution in [3.05, 3.63) is 28.7 Å². The van der Waals surface area contributed by atoms with E-state index in [9.17, 15) is 9.59 Å². The van der Waals surface area contributed by atoms with Crippen LogP contribution in [0.4, 0.5) is 5.69 Å². The van der Waals surface area contributed by atoms with Gasteiger partial charge in [0.15, 0.2) is 0 Å². The largest absolute Gasteiger partial charge is 0.381 e. The van der Waals surface area contributed by atoms with Crippen molar-refractivity contribution >= 4 is 11.6 Å². The summed E-state index contributed by atoms with van der Waals surface area (Å²) in [5.41, 5.74) is 0.628. The molecule has 1 saturated heterocycles. The van der Waals surface area contributed by atoms with Crippen molar-refractivity contribution < 1.29 is 9.53 Å². The van der Waals surface area contributed by atoms with Crippen molar-refractivity contribution in [2.45, 2.75) is 32.7 Å².